The molecule has 0 atom stereocenters. The molecule has 1 aromatic heterocycles. The zero-order valence-electron chi connectivity index (χ0n) is 11.9. The molecular formula is C18H11ClN2OS. The van der Waals surface area contributed by atoms with Crippen molar-refractivity contribution in [1.29, 1.82) is 5.26 Å². The number of halogens is 1. The number of hydrogen-bond acceptors (Lipinski definition) is 4. The van der Waals surface area contributed by atoms with Gasteiger partial charge in [0.1, 0.15) is 22.4 Å². The number of aliphatic hydroxyl groups excluding tert-OH is 1. The minimum atomic E-state index is -0.164. The van der Waals surface area contributed by atoms with E-state index in [1.54, 1.807) is 29.6 Å². The largest absolute Gasteiger partial charge is 0.506 e. The van der Waals surface area contributed by atoms with E-state index in [-0.39, 0.29) is 11.3 Å². The Labute approximate surface area is 142 Å². The van der Waals surface area contributed by atoms with Gasteiger partial charge in [-0.05, 0) is 12.1 Å². The average Bonchev–Trinajstić information content (AvgIpc) is 3.06. The Bertz CT molecular complexity index is 910. The molecule has 0 spiro atoms. The van der Waals surface area contributed by atoms with Crippen LogP contribution in [0.1, 0.15) is 11.3 Å². The summed E-state index contributed by atoms with van der Waals surface area (Å²) in [6.07, 6.45) is 0. The summed E-state index contributed by atoms with van der Waals surface area (Å²) in [6.45, 7) is 0. The number of hydrogen-bond donors (Lipinski definition) is 1. The molecule has 2 aromatic carbocycles. The topological polar surface area (TPSA) is 56.9 Å². The summed E-state index contributed by atoms with van der Waals surface area (Å²) in [7, 11) is 0. The molecule has 3 rings (SSSR count). The maximum Gasteiger partial charge on any atom is 0.144 e. The van der Waals surface area contributed by atoms with Crippen LogP contribution in [0.3, 0.4) is 0 Å². The van der Waals surface area contributed by atoms with E-state index in [9.17, 15) is 10.4 Å². The van der Waals surface area contributed by atoms with Crippen LogP contribution in [0.4, 0.5) is 0 Å². The van der Waals surface area contributed by atoms with Crippen LogP contribution in [0.2, 0.25) is 5.02 Å². The molecule has 3 aromatic rings. The van der Waals surface area contributed by atoms with Gasteiger partial charge in [-0.1, -0.05) is 54.1 Å². The predicted molar refractivity (Wildman–Crippen MR) is 94.1 cm³/mol. The SMILES string of the molecule is N#C/C(=C(\O)c1ccccc1Cl)c1csc(-c2ccccc2)n1. The summed E-state index contributed by atoms with van der Waals surface area (Å²) in [5, 5.41) is 22.8. The van der Waals surface area contributed by atoms with E-state index in [0.29, 0.717) is 16.3 Å². The van der Waals surface area contributed by atoms with Gasteiger partial charge in [-0.2, -0.15) is 5.26 Å². The molecule has 0 saturated carbocycles. The van der Waals surface area contributed by atoms with E-state index in [0.717, 1.165) is 10.6 Å². The summed E-state index contributed by atoms with van der Waals surface area (Å²) >= 11 is 7.51. The molecule has 0 saturated heterocycles. The maximum atomic E-state index is 10.4. The van der Waals surface area contributed by atoms with Crippen molar-refractivity contribution in [1.82, 2.24) is 4.98 Å². The molecule has 0 aliphatic carbocycles. The first-order chi connectivity index (χ1) is 11.2. The lowest BCUT2D eigenvalue weighted by Gasteiger charge is -2.04. The Morgan fingerprint density at radius 3 is 2.48 bits per heavy atom. The van der Waals surface area contributed by atoms with E-state index >= 15 is 0 Å². The van der Waals surface area contributed by atoms with Crippen molar-refractivity contribution in [2.75, 3.05) is 0 Å². The molecule has 0 amide bonds. The minimum Gasteiger partial charge on any atom is -0.506 e. The molecule has 0 radical (unpaired) electrons. The highest BCUT2D eigenvalue weighted by Gasteiger charge is 2.16. The molecule has 1 N–H and O–H groups in total. The summed E-state index contributed by atoms with van der Waals surface area (Å²) in [6, 6.07) is 18.6. The Kier molecular flexibility index (Phi) is 4.42. The zero-order valence-corrected chi connectivity index (χ0v) is 13.5. The van der Waals surface area contributed by atoms with E-state index in [1.807, 2.05) is 36.4 Å². The fraction of sp³-hybridized carbons (Fsp3) is 0. The van der Waals surface area contributed by atoms with Crippen molar-refractivity contribution >= 4 is 34.3 Å². The lowest BCUT2D eigenvalue weighted by Crippen LogP contribution is -1.92. The monoisotopic (exact) mass is 338 g/mol. The van der Waals surface area contributed by atoms with Gasteiger partial charge < -0.3 is 5.11 Å². The minimum absolute atomic E-state index is 0.108. The van der Waals surface area contributed by atoms with Crippen LogP contribution in [0, 0.1) is 11.3 Å². The first kappa shape index (κ1) is 15.3. The smallest absolute Gasteiger partial charge is 0.144 e. The van der Waals surface area contributed by atoms with Crippen molar-refractivity contribution in [3.05, 3.63) is 76.3 Å². The molecular weight excluding hydrogens is 328 g/mol. The van der Waals surface area contributed by atoms with Crippen LogP contribution < -0.4 is 0 Å². The second-order valence-corrected chi connectivity index (χ2v) is 5.98. The van der Waals surface area contributed by atoms with Gasteiger partial charge in [0.2, 0.25) is 0 Å². The summed E-state index contributed by atoms with van der Waals surface area (Å²) in [5.41, 5.74) is 1.93. The highest BCUT2D eigenvalue weighted by atomic mass is 35.5. The quantitative estimate of drug-likeness (QED) is 0.513. The number of aromatic nitrogens is 1. The van der Waals surface area contributed by atoms with Crippen molar-refractivity contribution in [2.24, 2.45) is 0 Å². The molecule has 0 aliphatic rings. The number of aliphatic hydroxyl groups is 1. The van der Waals surface area contributed by atoms with Crippen LogP contribution in [-0.2, 0) is 0 Å². The van der Waals surface area contributed by atoms with Gasteiger partial charge in [-0.15, -0.1) is 11.3 Å². The first-order valence-electron chi connectivity index (χ1n) is 6.80. The standard InChI is InChI=1S/C18H11ClN2OS/c19-15-9-5-4-8-13(15)17(22)14(10-20)16-11-23-18(21-16)12-6-2-1-3-7-12/h1-9,11,22H/b17-14+. The second kappa shape index (κ2) is 6.66. The van der Waals surface area contributed by atoms with E-state index in [1.165, 1.54) is 11.3 Å². The molecule has 3 nitrogen and oxygen atoms in total. The Morgan fingerprint density at radius 1 is 1.09 bits per heavy atom. The number of nitrogens with zero attached hydrogens (tertiary/aromatic N) is 2. The van der Waals surface area contributed by atoms with Gasteiger partial charge in [0.15, 0.2) is 0 Å². The first-order valence-corrected chi connectivity index (χ1v) is 8.06. The molecule has 5 heteroatoms. The fourth-order valence-electron chi connectivity index (χ4n) is 2.12. The lowest BCUT2D eigenvalue weighted by molar-refractivity contribution is 0.514. The molecule has 0 bridgehead atoms. The van der Waals surface area contributed by atoms with Crippen molar-refractivity contribution in [2.45, 2.75) is 0 Å². The molecule has 0 fully saturated rings. The summed E-state index contributed by atoms with van der Waals surface area (Å²) < 4.78 is 0. The molecule has 112 valence electrons. The number of benzene rings is 2. The summed E-state index contributed by atoms with van der Waals surface area (Å²) in [5.74, 6) is -0.164. The zero-order chi connectivity index (χ0) is 16.2. The molecule has 0 aliphatic heterocycles. The average molecular weight is 339 g/mol. The molecule has 23 heavy (non-hydrogen) atoms. The molecule has 1 heterocycles. The third-order valence-corrected chi connectivity index (χ3v) is 4.48. The lowest BCUT2D eigenvalue weighted by atomic mass is 10.1. The van der Waals surface area contributed by atoms with Gasteiger partial charge in [-0.3, -0.25) is 0 Å². The summed E-state index contributed by atoms with van der Waals surface area (Å²) in [4.78, 5) is 4.46. The van der Waals surface area contributed by atoms with Gasteiger partial charge in [-0.25, -0.2) is 4.98 Å². The van der Waals surface area contributed by atoms with Crippen molar-refractivity contribution in [3.63, 3.8) is 0 Å². The van der Waals surface area contributed by atoms with Gasteiger partial charge in [0, 0.05) is 16.5 Å². The third-order valence-electron chi connectivity index (χ3n) is 3.26. The highest BCUT2D eigenvalue weighted by molar-refractivity contribution is 7.13. The molecule has 0 unspecified atom stereocenters. The number of thiazole rings is 1. The van der Waals surface area contributed by atoms with Crippen LogP contribution in [0.15, 0.2) is 60.0 Å². The highest BCUT2D eigenvalue weighted by Crippen LogP contribution is 2.31. The van der Waals surface area contributed by atoms with Crippen LogP contribution in [0.5, 0.6) is 0 Å². The number of rotatable bonds is 3. The fourth-order valence-corrected chi connectivity index (χ4v) is 3.16. The Morgan fingerprint density at radius 2 is 1.78 bits per heavy atom. The second-order valence-electron chi connectivity index (χ2n) is 4.72. The number of nitriles is 1. The third kappa shape index (κ3) is 3.11. The van der Waals surface area contributed by atoms with E-state index in [4.69, 9.17) is 11.6 Å². The van der Waals surface area contributed by atoms with Crippen LogP contribution in [0.25, 0.3) is 21.9 Å². The predicted octanol–water partition coefficient (Wildman–Crippen LogP) is 5.41. The van der Waals surface area contributed by atoms with Gasteiger partial charge >= 0.3 is 0 Å². The van der Waals surface area contributed by atoms with E-state index in [2.05, 4.69) is 4.98 Å². The Hall–Kier alpha value is -2.61. The Balaban J connectivity index is 2.06. The van der Waals surface area contributed by atoms with Gasteiger partial charge in [0.25, 0.3) is 0 Å². The van der Waals surface area contributed by atoms with E-state index < -0.39 is 0 Å². The van der Waals surface area contributed by atoms with Crippen molar-refractivity contribution in [3.8, 4) is 16.6 Å². The van der Waals surface area contributed by atoms with Crippen LogP contribution in [-0.4, -0.2) is 10.1 Å². The van der Waals surface area contributed by atoms with Crippen molar-refractivity contribution < 1.29 is 5.11 Å². The van der Waals surface area contributed by atoms with Crippen LogP contribution >= 0.6 is 22.9 Å². The number of allylic oxidation sites excluding steroid dienone is 1. The van der Waals surface area contributed by atoms with Gasteiger partial charge in [0.05, 0.1) is 10.7 Å². The normalized spacial score (nSPS) is 11.7. The maximum absolute atomic E-state index is 10.4.